The van der Waals surface area contributed by atoms with Crippen molar-refractivity contribution in [2.24, 2.45) is 5.92 Å². The minimum Gasteiger partial charge on any atom is -0.497 e. The zero-order chi connectivity index (χ0) is 22.2. The Kier molecular flexibility index (Phi) is 8.20. The summed E-state index contributed by atoms with van der Waals surface area (Å²) in [6, 6.07) is 8.76. The predicted octanol–water partition coefficient (Wildman–Crippen LogP) is 3.85. The van der Waals surface area contributed by atoms with Crippen molar-refractivity contribution in [3.8, 4) is 11.5 Å². The first-order chi connectivity index (χ1) is 15.0. The third-order valence-electron chi connectivity index (χ3n) is 5.31. The van der Waals surface area contributed by atoms with Gasteiger partial charge in [-0.05, 0) is 61.7 Å². The van der Waals surface area contributed by atoms with Crippen LogP contribution in [0.5, 0.6) is 11.5 Å². The number of rotatable bonds is 9. The fraction of sp³-hybridized carbons (Fsp3) is 0.435. The SMILES string of the molecule is COc1cc(COCC2CCN(CC(=O)Nc3ccc(F)cc3F)CC2)cc(OC)c1. The number of hydrogen-bond acceptors (Lipinski definition) is 5. The number of carbonyl (C=O) groups is 1. The van der Waals surface area contributed by atoms with Gasteiger partial charge in [0.15, 0.2) is 0 Å². The number of ether oxygens (including phenoxy) is 3. The van der Waals surface area contributed by atoms with Crippen LogP contribution >= 0.6 is 0 Å². The molecule has 168 valence electrons. The van der Waals surface area contributed by atoms with Gasteiger partial charge in [-0.25, -0.2) is 8.78 Å². The molecule has 0 unspecified atom stereocenters. The molecule has 1 fully saturated rings. The second-order valence-corrected chi connectivity index (χ2v) is 7.63. The smallest absolute Gasteiger partial charge is 0.238 e. The van der Waals surface area contributed by atoms with Crippen LogP contribution in [-0.4, -0.2) is 51.3 Å². The number of likely N-dealkylation sites (tertiary alicyclic amines) is 1. The van der Waals surface area contributed by atoms with E-state index in [4.69, 9.17) is 14.2 Å². The Morgan fingerprint density at radius 2 is 1.74 bits per heavy atom. The fourth-order valence-corrected chi connectivity index (χ4v) is 3.59. The van der Waals surface area contributed by atoms with Crippen LogP contribution in [0.3, 0.4) is 0 Å². The molecule has 31 heavy (non-hydrogen) atoms. The van der Waals surface area contributed by atoms with Gasteiger partial charge in [0.05, 0.1) is 33.1 Å². The third kappa shape index (κ3) is 6.90. The molecule has 2 aromatic rings. The first kappa shape index (κ1) is 23.0. The van der Waals surface area contributed by atoms with Gasteiger partial charge in [0, 0.05) is 18.7 Å². The average molecular weight is 434 g/mol. The molecule has 1 heterocycles. The molecule has 0 saturated carbocycles. The number of halogens is 2. The van der Waals surface area contributed by atoms with Crippen LogP contribution in [0.15, 0.2) is 36.4 Å². The molecule has 0 aromatic heterocycles. The predicted molar refractivity (Wildman–Crippen MR) is 113 cm³/mol. The number of carbonyl (C=O) groups excluding carboxylic acids is 1. The molecule has 1 aliphatic heterocycles. The first-order valence-electron chi connectivity index (χ1n) is 10.2. The molecule has 1 amide bonds. The molecule has 6 nitrogen and oxygen atoms in total. The van der Waals surface area contributed by atoms with Crippen LogP contribution in [-0.2, 0) is 16.1 Å². The van der Waals surface area contributed by atoms with Crippen molar-refractivity contribution in [3.05, 3.63) is 53.6 Å². The topological polar surface area (TPSA) is 60.0 Å². The van der Waals surface area contributed by atoms with E-state index in [0.29, 0.717) is 19.1 Å². The standard InChI is InChI=1S/C23H28F2N2O4/c1-29-19-9-17(10-20(12-19)30-2)15-31-14-16-5-7-27(8-6-16)13-23(28)26-22-4-3-18(24)11-21(22)25/h3-4,9-12,16H,5-8,13-15H2,1-2H3,(H,26,28). The van der Waals surface area contributed by atoms with E-state index in [9.17, 15) is 13.6 Å². The van der Waals surface area contributed by atoms with Crippen LogP contribution < -0.4 is 14.8 Å². The van der Waals surface area contributed by atoms with E-state index in [1.165, 1.54) is 6.07 Å². The summed E-state index contributed by atoms with van der Waals surface area (Å²) in [6.45, 7) is 2.81. The molecule has 1 saturated heterocycles. The molecule has 1 aliphatic rings. The first-order valence-corrected chi connectivity index (χ1v) is 10.2. The summed E-state index contributed by atoms with van der Waals surface area (Å²) in [5.74, 6) is 0.104. The number of amides is 1. The molecule has 0 spiro atoms. The average Bonchev–Trinajstić information content (AvgIpc) is 2.76. The van der Waals surface area contributed by atoms with Crippen molar-refractivity contribution >= 4 is 11.6 Å². The highest BCUT2D eigenvalue weighted by Gasteiger charge is 2.21. The second-order valence-electron chi connectivity index (χ2n) is 7.63. The summed E-state index contributed by atoms with van der Waals surface area (Å²) in [5, 5.41) is 2.50. The van der Waals surface area contributed by atoms with E-state index in [1.54, 1.807) is 14.2 Å². The van der Waals surface area contributed by atoms with E-state index in [2.05, 4.69) is 5.32 Å². The van der Waals surface area contributed by atoms with Crippen LogP contribution in [0, 0.1) is 17.6 Å². The molecular weight excluding hydrogens is 406 g/mol. The lowest BCUT2D eigenvalue weighted by molar-refractivity contribution is -0.117. The van der Waals surface area contributed by atoms with Crippen LogP contribution in [0.2, 0.25) is 0 Å². The number of benzene rings is 2. The molecule has 2 aromatic carbocycles. The number of methoxy groups -OCH3 is 2. The van der Waals surface area contributed by atoms with Gasteiger partial charge in [0.1, 0.15) is 23.1 Å². The normalized spacial score (nSPS) is 15.0. The summed E-state index contributed by atoms with van der Waals surface area (Å²) >= 11 is 0. The Balaban J connectivity index is 1.38. The molecule has 3 rings (SSSR count). The van der Waals surface area contributed by atoms with E-state index in [0.717, 1.165) is 55.1 Å². The Morgan fingerprint density at radius 3 is 2.35 bits per heavy atom. The lowest BCUT2D eigenvalue weighted by atomic mass is 9.98. The Labute approximate surface area is 181 Å². The van der Waals surface area contributed by atoms with Gasteiger partial charge in [-0.15, -0.1) is 0 Å². The van der Waals surface area contributed by atoms with E-state index >= 15 is 0 Å². The summed E-state index contributed by atoms with van der Waals surface area (Å²) in [4.78, 5) is 14.2. The summed E-state index contributed by atoms with van der Waals surface area (Å²) in [7, 11) is 3.23. The van der Waals surface area contributed by atoms with Crippen molar-refractivity contribution in [3.63, 3.8) is 0 Å². The van der Waals surface area contributed by atoms with Crippen LogP contribution in [0.4, 0.5) is 14.5 Å². The van der Waals surface area contributed by atoms with Gasteiger partial charge in [-0.2, -0.15) is 0 Å². The monoisotopic (exact) mass is 434 g/mol. The van der Waals surface area contributed by atoms with Crippen molar-refractivity contribution in [1.29, 1.82) is 0 Å². The molecule has 0 radical (unpaired) electrons. The van der Waals surface area contributed by atoms with E-state index in [1.807, 2.05) is 23.1 Å². The van der Waals surface area contributed by atoms with Gasteiger partial charge in [-0.3, -0.25) is 9.69 Å². The highest BCUT2D eigenvalue weighted by Crippen LogP contribution is 2.24. The Morgan fingerprint density at radius 1 is 1.06 bits per heavy atom. The number of nitrogens with one attached hydrogen (secondary N) is 1. The summed E-state index contributed by atoms with van der Waals surface area (Å²) < 4.78 is 43.1. The van der Waals surface area contributed by atoms with Gasteiger partial charge in [0.2, 0.25) is 5.91 Å². The largest absolute Gasteiger partial charge is 0.497 e. The number of piperidine rings is 1. The van der Waals surface area contributed by atoms with Gasteiger partial charge >= 0.3 is 0 Å². The highest BCUT2D eigenvalue weighted by molar-refractivity contribution is 5.92. The lowest BCUT2D eigenvalue weighted by Crippen LogP contribution is -2.40. The maximum absolute atomic E-state index is 13.7. The number of anilines is 1. The van der Waals surface area contributed by atoms with Crippen molar-refractivity contribution in [1.82, 2.24) is 4.90 Å². The fourth-order valence-electron chi connectivity index (χ4n) is 3.59. The summed E-state index contributed by atoms with van der Waals surface area (Å²) in [6.07, 6.45) is 1.83. The Bertz CT molecular complexity index is 864. The van der Waals surface area contributed by atoms with Crippen molar-refractivity contribution in [2.75, 3.05) is 45.8 Å². The maximum Gasteiger partial charge on any atom is 0.238 e. The zero-order valence-electron chi connectivity index (χ0n) is 17.8. The Hall–Kier alpha value is -2.71. The second kappa shape index (κ2) is 11.1. The highest BCUT2D eigenvalue weighted by atomic mass is 19.1. The van der Waals surface area contributed by atoms with E-state index in [-0.39, 0.29) is 18.1 Å². The quantitative estimate of drug-likeness (QED) is 0.650. The number of nitrogens with zero attached hydrogens (tertiary/aromatic N) is 1. The van der Waals surface area contributed by atoms with Crippen LogP contribution in [0.1, 0.15) is 18.4 Å². The third-order valence-corrected chi connectivity index (χ3v) is 5.31. The van der Waals surface area contributed by atoms with Crippen LogP contribution in [0.25, 0.3) is 0 Å². The molecule has 0 bridgehead atoms. The lowest BCUT2D eigenvalue weighted by Gasteiger charge is -2.31. The molecular formula is C23H28F2N2O4. The molecule has 1 N–H and O–H groups in total. The molecule has 0 aliphatic carbocycles. The van der Waals surface area contributed by atoms with Gasteiger partial charge in [-0.1, -0.05) is 0 Å². The zero-order valence-corrected chi connectivity index (χ0v) is 17.8. The maximum atomic E-state index is 13.7. The van der Waals surface area contributed by atoms with Crippen molar-refractivity contribution in [2.45, 2.75) is 19.4 Å². The minimum absolute atomic E-state index is 0.0103. The molecule has 8 heteroatoms. The van der Waals surface area contributed by atoms with Crippen molar-refractivity contribution < 1.29 is 27.8 Å². The van der Waals surface area contributed by atoms with Gasteiger partial charge in [0.25, 0.3) is 0 Å². The van der Waals surface area contributed by atoms with Gasteiger partial charge < -0.3 is 19.5 Å². The number of hydrogen-bond donors (Lipinski definition) is 1. The van der Waals surface area contributed by atoms with E-state index < -0.39 is 11.6 Å². The minimum atomic E-state index is -0.780. The molecule has 0 atom stereocenters. The summed E-state index contributed by atoms with van der Waals surface area (Å²) in [5.41, 5.74) is 0.974.